The molecule has 0 saturated heterocycles. The number of unbranched alkanes of at least 4 members (excludes halogenated alkanes) is 6. The fourth-order valence-corrected chi connectivity index (χ4v) is 20.8. The molecule has 1 unspecified atom stereocenters. The van der Waals surface area contributed by atoms with E-state index in [1.54, 1.807) is 11.3 Å². The molecule has 0 amide bonds. The third kappa shape index (κ3) is 11.9. The number of aromatic carboxylic acids is 1. The van der Waals surface area contributed by atoms with Gasteiger partial charge in [0.05, 0.1) is 20.7 Å². The zero-order valence-corrected chi connectivity index (χ0v) is 33.0. The number of aryl methyl sites for hydroxylation is 1. The van der Waals surface area contributed by atoms with Crippen LogP contribution in [0.1, 0.15) is 98.2 Å². The van der Waals surface area contributed by atoms with Crippen molar-refractivity contribution < 1.29 is 14.6 Å². The summed E-state index contributed by atoms with van der Waals surface area (Å²) >= 11 is 0. The number of benzene rings is 4. The molecule has 0 aliphatic rings. The van der Waals surface area contributed by atoms with Crippen molar-refractivity contribution >= 4 is 27.3 Å². The summed E-state index contributed by atoms with van der Waals surface area (Å²) < 4.78 is 5.96. The molecule has 0 radical (unpaired) electrons. The van der Waals surface area contributed by atoms with Crippen molar-refractivity contribution in [1.82, 2.24) is 0 Å². The standard InChI is InChI=1S/C44H60O3Si2/c1-7-8-9-10-11-16-31-47-40-28-25-38(26-29-40)43-33-39(27-30-42(43)44(45)46)35(2)37-23-21-36(22-24-37)18-15-17-32-48(3,4)34-49(5,6)41-19-13-12-14-20-41/h12-14,19-30,33,35H,7-11,15-18,31-32,34H2,1-6H3,(H,45,46)/p-1. The van der Waals surface area contributed by atoms with E-state index in [-0.39, 0.29) is 11.5 Å². The highest BCUT2D eigenvalue weighted by Gasteiger charge is 2.32. The average Bonchev–Trinajstić information content (AvgIpc) is 3.09. The smallest absolute Gasteiger partial charge is 0.119 e. The molecule has 4 aromatic carbocycles. The van der Waals surface area contributed by atoms with Gasteiger partial charge in [-0.3, -0.25) is 0 Å². The summed E-state index contributed by atoms with van der Waals surface area (Å²) in [6.07, 6.45) is 11.0. The first-order valence-corrected chi connectivity index (χ1v) is 25.3. The molecule has 49 heavy (non-hydrogen) atoms. The van der Waals surface area contributed by atoms with Gasteiger partial charge in [0.15, 0.2) is 0 Å². The quantitative estimate of drug-likeness (QED) is 0.0685. The fourth-order valence-electron chi connectivity index (χ4n) is 7.43. The summed E-state index contributed by atoms with van der Waals surface area (Å²) in [5.74, 6) is -0.209. The van der Waals surface area contributed by atoms with E-state index in [1.807, 2.05) is 36.4 Å². The highest BCUT2D eigenvalue weighted by Crippen LogP contribution is 2.32. The second kappa shape index (κ2) is 18.5. The Kier molecular flexibility index (Phi) is 14.5. The largest absolute Gasteiger partial charge is 0.545 e. The number of ether oxygens (including phenoxy) is 1. The molecular formula is C44H59O3Si2-. The number of carbonyl (C=O) groups is 1. The van der Waals surface area contributed by atoms with E-state index < -0.39 is 22.1 Å². The van der Waals surface area contributed by atoms with Crippen molar-refractivity contribution in [2.24, 2.45) is 0 Å². The molecule has 0 aromatic heterocycles. The molecule has 0 aliphatic carbocycles. The SMILES string of the molecule is CCCCCCCCOc1ccc(-c2cc(C(C)c3ccc(CCCC[Si](C)(C)C[Si](C)(C)c4ccccc4)cc3)ccc2C(=O)[O-])cc1. The molecule has 0 saturated carbocycles. The maximum absolute atomic E-state index is 12.1. The van der Waals surface area contributed by atoms with Crippen molar-refractivity contribution in [3.63, 3.8) is 0 Å². The van der Waals surface area contributed by atoms with Crippen LogP contribution < -0.4 is 15.0 Å². The van der Waals surface area contributed by atoms with Gasteiger partial charge in [-0.2, -0.15) is 0 Å². The molecule has 0 aliphatic heterocycles. The maximum atomic E-state index is 12.1. The lowest BCUT2D eigenvalue weighted by Crippen LogP contribution is -2.48. The topological polar surface area (TPSA) is 49.4 Å². The van der Waals surface area contributed by atoms with Crippen LogP contribution in [0.3, 0.4) is 0 Å². The molecule has 0 N–H and O–H groups in total. The number of carboxylic acids is 1. The van der Waals surface area contributed by atoms with E-state index in [1.165, 1.54) is 67.8 Å². The van der Waals surface area contributed by atoms with Gasteiger partial charge in [-0.05, 0) is 65.3 Å². The Hall–Kier alpha value is -3.42. The highest BCUT2D eigenvalue weighted by molar-refractivity contribution is 7.01. The van der Waals surface area contributed by atoms with Gasteiger partial charge in [0.25, 0.3) is 0 Å². The van der Waals surface area contributed by atoms with Gasteiger partial charge in [0.1, 0.15) is 5.75 Å². The van der Waals surface area contributed by atoms with Gasteiger partial charge in [-0.15, -0.1) is 0 Å². The molecule has 4 rings (SSSR count). The van der Waals surface area contributed by atoms with Crippen molar-refractivity contribution in [1.29, 1.82) is 0 Å². The van der Waals surface area contributed by atoms with E-state index in [4.69, 9.17) is 4.74 Å². The Bertz CT molecular complexity index is 1580. The summed E-state index contributed by atoms with van der Waals surface area (Å²) in [6.45, 7) is 15.4. The lowest BCUT2D eigenvalue weighted by atomic mass is 9.88. The number of hydrogen-bond acceptors (Lipinski definition) is 3. The molecule has 0 fully saturated rings. The second-order valence-electron chi connectivity index (χ2n) is 15.5. The first-order chi connectivity index (χ1) is 23.5. The zero-order valence-electron chi connectivity index (χ0n) is 31.0. The van der Waals surface area contributed by atoms with Crippen LogP contribution in [-0.4, -0.2) is 28.7 Å². The van der Waals surface area contributed by atoms with Crippen LogP contribution in [0, 0.1) is 0 Å². The Balaban J connectivity index is 1.32. The van der Waals surface area contributed by atoms with Crippen LogP contribution in [-0.2, 0) is 6.42 Å². The number of rotatable bonds is 20. The van der Waals surface area contributed by atoms with Gasteiger partial charge >= 0.3 is 0 Å². The third-order valence-corrected chi connectivity index (χ3v) is 21.2. The van der Waals surface area contributed by atoms with Crippen LogP contribution in [0.4, 0.5) is 0 Å². The summed E-state index contributed by atoms with van der Waals surface area (Å²) in [4.78, 5) is 12.1. The lowest BCUT2D eigenvalue weighted by Gasteiger charge is -2.32. The first kappa shape index (κ1) is 38.4. The summed E-state index contributed by atoms with van der Waals surface area (Å²) in [7, 11) is -2.67. The van der Waals surface area contributed by atoms with Crippen LogP contribution in [0.2, 0.25) is 37.9 Å². The van der Waals surface area contributed by atoms with Gasteiger partial charge in [0, 0.05) is 19.6 Å². The maximum Gasteiger partial charge on any atom is 0.119 e. The van der Waals surface area contributed by atoms with Crippen molar-refractivity contribution in [2.45, 2.75) is 115 Å². The molecule has 1 atom stereocenters. The minimum atomic E-state index is -1.40. The summed E-state index contributed by atoms with van der Waals surface area (Å²) in [6, 6.07) is 35.1. The lowest BCUT2D eigenvalue weighted by molar-refractivity contribution is -0.254. The van der Waals surface area contributed by atoms with Crippen LogP contribution in [0.5, 0.6) is 5.75 Å². The van der Waals surface area contributed by atoms with Crippen LogP contribution in [0.15, 0.2) is 97.1 Å². The molecule has 0 heterocycles. The Morgan fingerprint density at radius 1 is 0.735 bits per heavy atom. The van der Waals surface area contributed by atoms with Crippen molar-refractivity contribution in [2.75, 3.05) is 6.61 Å². The van der Waals surface area contributed by atoms with E-state index in [2.05, 4.69) is 94.6 Å². The fraction of sp³-hybridized carbons (Fsp3) is 0.432. The third-order valence-electron chi connectivity index (χ3n) is 10.2. The average molecular weight is 692 g/mol. The zero-order chi connectivity index (χ0) is 35.3. The van der Waals surface area contributed by atoms with E-state index >= 15 is 0 Å². The van der Waals surface area contributed by atoms with Gasteiger partial charge in [-0.25, -0.2) is 0 Å². The Morgan fingerprint density at radius 3 is 2.06 bits per heavy atom. The molecule has 3 nitrogen and oxygen atoms in total. The Labute approximate surface area is 299 Å². The van der Waals surface area contributed by atoms with Crippen molar-refractivity contribution in [3.8, 4) is 16.9 Å². The van der Waals surface area contributed by atoms with Crippen LogP contribution in [0.25, 0.3) is 11.1 Å². The van der Waals surface area contributed by atoms with Gasteiger partial charge in [0.2, 0.25) is 0 Å². The van der Waals surface area contributed by atoms with E-state index in [9.17, 15) is 9.90 Å². The predicted octanol–water partition coefficient (Wildman–Crippen LogP) is 10.8. The number of hydrogen-bond donors (Lipinski definition) is 0. The normalized spacial score (nSPS) is 12.5. The Morgan fingerprint density at radius 2 is 1.39 bits per heavy atom. The van der Waals surface area contributed by atoms with Crippen LogP contribution >= 0.6 is 0 Å². The summed E-state index contributed by atoms with van der Waals surface area (Å²) in [5, 5.41) is 13.7. The summed E-state index contributed by atoms with van der Waals surface area (Å²) in [5.41, 5.74) is 6.91. The molecule has 0 spiro atoms. The minimum absolute atomic E-state index is 0.132. The monoisotopic (exact) mass is 691 g/mol. The van der Waals surface area contributed by atoms with Gasteiger partial charge in [-0.1, -0.05) is 174 Å². The molecule has 4 aromatic rings. The molecule has 5 heteroatoms. The minimum Gasteiger partial charge on any atom is -0.545 e. The van der Waals surface area contributed by atoms with Crippen molar-refractivity contribution in [3.05, 3.63) is 119 Å². The predicted molar refractivity (Wildman–Crippen MR) is 213 cm³/mol. The van der Waals surface area contributed by atoms with E-state index in [0.717, 1.165) is 29.7 Å². The number of carboxylic acid groups (broad SMARTS) is 1. The molecular weight excluding hydrogens is 633 g/mol. The van der Waals surface area contributed by atoms with E-state index in [0.29, 0.717) is 12.2 Å². The first-order valence-electron chi connectivity index (χ1n) is 18.7. The molecule has 0 bridgehead atoms. The second-order valence-corrected chi connectivity index (χ2v) is 26.1. The highest BCUT2D eigenvalue weighted by atomic mass is 28.4. The molecule has 262 valence electrons. The number of carbonyl (C=O) groups excluding carboxylic acids is 1. The van der Waals surface area contributed by atoms with Gasteiger partial charge < -0.3 is 14.6 Å².